The number of H-pyrrole nitrogens is 1. The molecule has 0 bridgehead atoms. The highest BCUT2D eigenvalue weighted by Gasteiger charge is 2.16. The normalized spacial score (nSPS) is 10.5. The van der Waals surface area contributed by atoms with E-state index in [4.69, 9.17) is 11.6 Å². The van der Waals surface area contributed by atoms with Crippen molar-refractivity contribution in [2.45, 2.75) is 6.54 Å². The second-order valence-electron chi connectivity index (χ2n) is 3.87. The van der Waals surface area contributed by atoms with Crippen molar-refractivity contribution in [3.05, 3.63) is 71.8 Å². The Balaban J connectivity index is 2.51. The SMILES string of the molecule is O=c1[nH]c(=O)n(Cc2cccc(Cl)c2F)cc1[N+](=O)[O-]. The van der Waals surface area contributed by atoms with Gasteiger partial charge in [-0.3, -0.25) is 24.5 Å². The third-order valence-electron chi connectivity index (χ3n) is 2.56. The summed E-state index contributed by atoms with van der Waals surface area (Å²) in [4.78, 5) is 34.3. The van der Waals surface area contributed by atoms with Gasteiger partial charge in [0, 0.05) is 5.56 Å². The fraction of sp³-hybridized carbons (Fsp3) is 0.0909. The van der Waals surface area contributed by atoms with Crippen molar-refractivity contribution in [1.29, 1.82) is 0 Å². The van der Waals surface area contributed by atoms with Crippen molar-refractivity contribution in [3.8, 4) is 0 Å². The maximum absolute atomic E-state index is 13.7. The first kappa shape index (κ1) is 13.9. The Bertz CT molecular complexity index is 799. The van der Waals surface area contributed by atoms with Crippen LogP contribution in [-0.4, -0.2) is 14.5 Å². The lowest BCUT2D eigenvalue weighted by atomic mass is 10.2. The Kier molecular flexibility index (Phi) is 3.66. The Labute approximate surface area is 115 Å². The number of aromatic nitrogens is 2. The maximum Gasteiger partial charge on any atom is 0.350 e. The predicted octanol–water partition coefficient (Wildman–Crippen LogP) is 1.29. The molecule has 104 valence electrons. The van der Waals surface area contributed by atoms with Gasteiger partial charge in [-0.1, -0.05) is 23.7 Å². The summed E-state index contributed by atoms with van der Waals surface area (Å²) in [5.41, 5.74) is -2.71. The summed E-state index contributed by atoms with van der Waals surface area (Å²) in [5, 5.41) is 10.5. The molecule has 2 aromatic rings. The lowest BCUT2D eigenvalue weighted by molar-refractivity contribution is -0.386. The van der Waals surface area contributed by atoms with Gasteiger partial charge >= 0.3 is 16.9 Å². The number of nitrogens with zero attached hydrogens (tertiary/aromatic N) is 2. The molecule has 0 saturated heterocycles. The van der Waals surface area contributed by atoms with Gasteiger partial charge in [0.2, 0.25) is 0 Å². The molecule has 0 spiro atoms. The van der Waals surface area contributed by atoms with Crippen LogP contribution in [0.15, 0.2) is 34.0 Å². The predicted molar refractivity (Wildman–Crippen MR) is 68.5 cm³/mol. The molecule has 1 aromatic carbocycles. The van der Waals surface area contributed by atoms with Gasteiger partial charge in [-0.25, -0.2) is 9.18 Å². The van der Waals surface area contributed by atoms with Gasteiger partial charge in [-0.2, -0.15) is 0 Å². The molecule has 1 heterocycles. The van der Waals surface area contributed by atoms with Crippen LogP contribution in [-0.2, 0) is 6.54 Å². The maximum atomic E-state index is 13.7. The average molecular weight is 300 g/mol. The highest BCUT2D eigenvalue weighted by Crippen LogP contribution is 2.18. The molecule has 0 atom stereocenters. The summed E-state index contributed by atoms with van der Waals surface area (Å²) >= 11 is 5.60. The second kappa shape index (κ2) is 5.25. The van der Waals surface area contributed by atoms with E-state index in [1.807, 2.05) is 0 Å². The molecule has 2 rings (SSSR count). The number of hydrogen-bond donors (Lipinski definition) is 1. The summed E-state index contributed by atoms with van der Waals surface area (Å²) in [7, 11) is 0. The summed E-state index contributed by atoms with van der Waals surface area (Å²) < 4.78 is 14.5. The van der Waals surface area contributed by atoms with E-state index in [9.17, 15) is 24.1 Å². The van der Waals surface area contributed by atoms with E-state index in [1.54, 1.807) is 4.98 Å². The zero-order chi connectivity index (χ0) is 14.9. The Hall–Kier alpha value is -2.48. The van der Waals surface area contributed by atoms with Crippen LogP contribution in [0.1, 0.15) is 5.56 Å². The molecule has 0 amide bonds. The minimum atomic E-state index is -1.11. The van der Waals surface area contributed by atoms with E-state index in [0.717, 1.165) is 10.8 Å². The van der Waals surface area contributed by atoms with Crippen LogP contribution in [0.5, 0.6) is 0 Å². The van der Waals surface area contributed by atoms with Crippen LogP contribution in [0.2, 0.25) is 5.02 Å². The molecule has 7 nitrogen and oxygen atoms in total. The van der Waals surface area contributed by atoms with Gasteiger partial charge in [-0.05, 0) is 6.07 Å². The van der Waals surface area contributed by atoms with E-state index in [0.29, 0.717) is 0 Å². The summed E-state index contributed by atoms with van der Waals surface area (Å²) in [6, 6.07) is 4.19. The number of rotatable bonds is 3. The Morgan fingerprint density at radius 1 is 1.40 bits per heavy atom. The third kappa shape index (κ3) is 2.59. The van der Waals surface area contributed by atoms with Crippen molar-refractivity contribution in [3.63, 3.8) is 0 Å². The highest BCUT2D eigenvalue weighted by atomic mass is 35.5. The number of nitrogens with one attached hydrogen (secondary N) is 1. The van der Waals surface area contributed by atoms with Gasteiger partial charge in [0.05, 0.1) is 22.7 Å². The zero-order valence-corrected chi connectivity index (χ0v) is 10.6. The van der Waals surface area contributed by atoms with E-state index in [2.05, 4.69) is 0 Å². The van der Waals surface area contributed by atoms with Crippen molar-refractivity contribution >= 4 is 17.3 Å². The smallest absolute Gasteiger partial charge is 0.289 e. The molecule has 20 heavy (non-hydrogen) atoms. The largest absolute Gasteiger partial charge is 0.350 e. The van der Waals surface area contributed by atoms with Crippen LogP contribution in [0, 0.1) is 15.9 Å². The molecule has 0 aliphatic rings. The van der Waals surface area contributed by atoms with Crippen molar-refractivity contribution in [2.24, 2.45) is 0 Å². The number of hydrogen-bond acceptors (Lipinski definition) is 4. The van der Waals surface area contributed by atoms with Gasteiger partial charge in [0.15, 0.2) is 0 Å². The van der Waals surface area contributed by atoms with Crippen LogP contribution < -0.4 is 11.2 Å². The van der Waals surface area contributed by atoms with E-state index < -0.39 is 27.7 Å². The van der Waals surface area contributed by atoms with Crippen molar-refractivity contribution in [1.82, 2.24) is 9.55 Å². The van der Waals surface area contributed by atoms with Crippen LogP contribution in [0.25, 0.3) is 0 Å². The quantitative estimate of drug-likeness (QED) is 0.682. The molecule has 0 unspecified atom stereocenters. The molecular weight excluding hydrogens is 293 g/mol. The first-order valence-electron chi connectivity index (χ1n) is 5.31. The lowest BCUT2D eigenvalue weighted by Gasteiger charge is -2.06. The van der Waals surface area contributed by atoms with Gasteiger partial charge in [0.1, 0.15) is 5.82 Å². The van der Waals surface area contributed by atoms with Crippen molar-refractivity contribution < 1.29 is 9.31 Å². The lowest BCUT2D eigenvalue weighted by Crippen LogP contribution is -2.31. The zero-order valence-electron chi connectivity index (χ0n) is 9.80. The minimum Gasteiger partial charge on any atom is -0.289 e. The van der Waals surface area contributed by atoms with Crippen LogP contribution >= 0.6 is 11.6 Å². The molecule has 0 aliphatic heterocycles. The molecule has 0 fully saturated rings. The first-order valence-corrected chi connectivity index (χ1v) is 5.69. The molecule has 0 aliphatic carbocycles. The average Bonchev–Trinajstić information content (AvgIpc) is 2.37. The van der Waals surface area contributed by atoms with E-state index in [1.165, 1.54) is 18.2 Å². The fourth-order valence-electron chi connectivity index (χ4n) is 1.60. The number of benzene rings is 1. The monoisotopic (exact) mass is 299 g/mol. The summed E-state index contributed by atoms with van der Waals surface area (Å²) in [5.74, 6) is -0.727. The minimum absolute atomic E-state index is 0.0703. The Morgan fingerprint density at radius 2 is 2.10 bits per heavy atom. The van der Waals surface area contributed by atoms with Crippen molar-refractivity contribution in [2.75, 3.05) is 0 Å². The molecule has 1 aromatic heterocycles. The topological polar surface area (TPSA) is 98.0 Å². The van der Waals surface area contributed by atoms with E-state index >= 15 is 0 Å². The third-order valence-corrected chi connectivity index (χ3v) is 2.85. The molecular formula is C11H7ClFN3O4. The molecule has 9 heteroatoms. The summed E-state index contributed by atoms with van der Waals surface area (Å²) in [6.07, 6.45) is 0.765. The van der Waals surface area contributed by atoms with Gasteiger partial charge in [-0.15, -0.1) is 0 Å². The first-order chi connectivity index (χ1) is 9.40. The molecule has 1 N–H and O–H groups in total. The van der Waals surface area contributed by atoms with Crippen LogP contribution in [0.4, 0.5) is 10.1 Å². The standard InChI is InChI=1S/C11H7ClFN3O4/c12-7-3-1-2-6(9(7)13)4-15-5-8(16(19)20)10(17)14-11(15)18/h1-3,5H,4H2,(H,14,17,18). The van der Waals surface area contributed by atoms with Gasteiger partial charge < -0.3 is 0 Å². The highest BCUT2D eigenvalue weighted by molar-refractivity contribution is 6.30. The van der Waals surface area contributed by atoms with Crippen LogP contribution in [0.3, 0.4) is 0 Å². The summed E-state index contributed by atoms with van der Waals surface area (Å²) in [6.45, 7) is -0.289. The Morgan fingerprint density at radius 3 is 2.75 bits per heavy atom. The fourth-order valence-corrected chi connectivity index (χ4v) is 1.79. The van der Waals surface area contributed by atoms with Gasteiger partial charge in [0.25, 0.3) is 0 Å². The number of halogens is 2. The van der Waals surface area contributed by atoms with E-state index in [-0.39, 0.29) is 17.1 Å². The molecule has 0 saturated carbocycles. The number of aromatic amines is 1. The molecule has 0 radical (unpaired) electrons. The second-order valence-corrected chi connectivity index (χ2v) is 4.28. The number of nitro groups is 1.